The van der Waals surface area contributed by atoms with Crippen LogP contribution in [0.4, 0.5) is 0 Å². The number of hydrogen-bond acceptors (Lipinski definition) is 2. The molecule has 1 aliphatic carbocycles. The third-order valence-corrected chi connectivity index (χ3v) is 3.96. The quantitative estimate of drug-likeness (QED) is 0.712. The van der Waals surface area contributed by atoms with Gasteiger partial charge in [0.25, 0.3) is 0 Å². The second-order valence-corrected chi connectivity index (χ2v) is 6.33. The number of aliphatic carboxylic acids is 1. The van der Waals surface area contributed by atoms with E-state index in [0.717, 1.165) is 6.54 Å². The average molecular weight is 269 g/mol. The monoisotopic (exact) mass is 269 g/mol. The van der Waals surface area contributed by atoms with Gasteiger partial charge in [-0.2, -0.15) is 0 Å². The van der Waals surface area contributed by atoms with Gasteiger partial charge in [-0.25, -0.2) is 0 Å². The highest BCUT2D eigenvalue weighted by atomic mass is 16.4. The van der Waals surface area contributed by atoms with Crippen LogP contribution in [0.15, 0.2) is 0 Å². The molecule has 1 amide bonds. The fourth-order valence-corrected chi connectivity index (χ4v) is 3.22. The van der Waals surface area contributed by atoms with E-state index in [1.54, 1.807) is 0 Å². The number of nitrogens with one attached hydrogen (secondary N) is 1. The molecule has 0 aromatic carbocycles. The van der Waals surface area contributed by atoms with Gasteiger partial charge >= 0.3 is 5.97 Å². The Bertz CT molecular complexity index is 307. The van der Waals surface area contributed by atoms with Crippen molar-refractivity contribution >= 4 is 11.9 Å². The molecule has 19 heavy (non-hydrogen) atoms. The lowest BCUT2D eigenvalue weighted by Gasteiger charge is -2.31. The first-order valence-corrected chi connectivity index (χ1v) is 7.42. The largest absolute Gasteiger partial charge is 0.481 e. The van der Waals surface area contributed by atoms with Crippen molar-refractivity contribution in [2.75, 3.05) is 6.54 Å². The standard InChI is InChI=1S/C15H27NO3/c1-12(2)10-15(8-3-4-9-15)11-16-13(17)6-5-7-14(18)19/h12H,3-11H2,1-2H3,(H,16,17)(H,18,19). The molecule has 2 N–H and O–H groups in total. The van der Waals surface area contributed by atoms with Gasteiger partial charge in [-0.3, -0.25) is 9.59 Å². The molecule has 1 aliphatic rings. The van der Waals surface area contributed by atoms with Crippen LogP contribution in [0.25, 0.3) is 0 Å². The lowest BCUT2D eigenvalue weighted by Crippen LogP contribution is -2.36. The average Bonchev–Trinajstić information content (AvgIpc) is 2.74. The number of rotatable bonds is 8. The molecule has 110 valence electrons. The van der Waals surface area contributed by atoms with E-state index in [9.17, 15) is 9.59 Å². The first-order chi connectivity index (χ1) is 8.93. The maximum absolute atomic E-state index is 11.7. The van der Waals surface area contributed by atoms with E-state index in [1.165, 1.54) is 32.1 Å². The molecule has 1 rings (SSSR count). The molecule has 4 nitrogen and oxygen atoms in total. The van der Waals surface area contributed by atoms with Crippen molar-refractivity contribution in [1.82, 2.24) is 5.32 Å². The summed E-state index contributed by atoms with van der Waals surface area (Å²) in [6.07, 6.45) is 6.94. The van der Waals surface area contributed by atoms with Crippen molar-refractivity contribution in [3.8, 4) is 0 Å². The molecule has 0 aromatic heterocycles. The zero-order valence-electron chi connectivity index (χ0n) is 12.2. The van der Waals surface area contributed by atoms with Crippen LogP contribution in [0, 0.1) is 11.3 Å². The summed E-state index contributed by atoms with van der Waals surface area (Å²) in [4.78, 5) is 22.1. The summed E-state index contributed by atoms with van der Waals surface area (Å²) in [6.45, 7) is 5.22. The Balaban J connectivity index is 2.31. The number of carboxylic acid groups (broad SMARTS) is 1. The number of hydrogen-bond donors (Lipinski definition) is 2. The van der Waals surface area contributed by atoms with Crippen LogP contribution < -0.4 is 5.32 Å². The Morgan fingerprint density at radius 3 is 2.37 bits per heavy atom. The van der Waals surface area contributed by atoms with Crippen molar-refractivity contribution in [3.05, 3.63) is 0 Å². The van der Waals surface area contributed by atoms with E-state index < -0.39 is 5.97 Å². The fraction of sp³-hybridized carbons (Fsp3) is 0.867. The summed E-state index contributed by atoms with van der Waals surface area (Å²) in [5.74, 6) is -0.182. The SMILES string of the molecule is CC(C)CC1(CNC(=O)CCCC(=O)O)CCCC1. The highest BCUT2D eigenvalue weighted by molar-refractivity contribution is 5.76. The molecule has 0 spiro atoms. The summed E-state index contributed by atoms with van der Waals surface area (Å²) < 4.78 is 0. The van der Waals surface area contributed by atoms with Crippen LogP contribution in [0.2, 0.25) is 0 Å². The summed E-state index contributed by atoms with van der Waals surface area (Å²) >= 11 is 0. The van der Waals surface area contributed by atoms with Crippen molar-refractivity contribution in [3.63, 3.8) is 0 Å². The zero-order chi connectivity index (χ0) is 14.3. The normalized spacial score (nSPS) is 17.6. The fourth-order valence-electron chi connectivity index (χ4n) is 3.22. The minimum absolute atomic E-state index is 0.00344. The Morgan fingerprint density at radius 2 is 1.84 bits per heavy atom. The molecule has 0 atom stereocenters. The highest BCUT2D eigenvalue weighted by Crippen LogP contribution is 2.42. The molecule has 0 aliphatic heterocycles. The molecular formula is C15H27NO3. The molecule has 1 fully saturated rings. The number of carbonyl (C=O) groups excluding carboxylic acids is 1. The third kappa shape index (κ3) is 6.08. The summed E-state index contributed by atoms with van der Waals surface area (Å²) in [7, 11) is 0. The highest BCUT2D eigenvalue weighted by Gasteiger charge is 2.34. The van der Waals surface area contributed by atoms with Gasteiger partial charge in [0.1, 0.15) is 0 Å². The van der Waals surface area contributed by atoms with E-state index in [4.69, 9.17) is 5.11 Å². The van der Waals surface area contributed by atoms with Gasteiger partial charge in [0.2, 0.25) is 5.91 Å². The molecule has 0 saturated heterocycles. The van der Waals surface area contributed by atoms with Gasteiger partial charge in [0.05, 0.1) is 0 Å². The predicted molar refractivity (Wildman–Crippen MR) is 74.9 cm³/mol. The molecule has 0 unspecified atom stereocenters. The minimum atomic E-state index is -0.833. The van der Waals surface area contributed by atoms with E-state index in [-0.39, 0.29) is 17.7 Å². The van der Waals surface area contributed by atoms with E-state index >= 15 is 0 Å². The van der Waals surface area contributed by atoms with Crippen LogP contribution in [0.3, 0.4) is 0 Å². The first kappa shape index (κ1) is 16.0. The Labute approximate surface area is 116 Å². The third-order valence-electron chi connectivity index (χ3n) is 3.96. The van der Waals surface area contributed by atoms with Crippen molar-refractivity contribution in [1.29, 1.82) is 0 Å². The molecule has 0 aromatic rings. The second-order valence-electron chi connectivity index (χ2n) is 6.33. The van der Waals surface area contributed by atoms with Gasteiger partial charge in [-0.15, -0.1) is 0 Å². The van der Waals surface area contributed by atoms with Gasteiger partial charge in [0.15, 0.2) is 0 Å². The van der Waals surface area contributed by atoms with Crippen LogP contribution in [-0.2, 0) is 9.59 Å². The van der Waals surface area contributed by atoms with Gasteiger partial charge in [0, 0.05) is 19.4 Å². The minimum Gasteiger partial charge on any atom is -0.481 e. The molecule has 4 heteroatoms. The van der Waals surface area contributed by atoms with Crippen molar-refractivity contribution < 1.29 is 14.7 Å². The molecule has 0 heterocycles. The lowest BCUT2D eigenvalue weighted by molar-refractivity contribution is -0.137. The molecule has 0 bridgehead atoms. The van der Waals surface area contributed by atoms with Crippen molar-refractivity contribution in [2.24, 2.45) is 11.3 Å². The Kier molecular flexibility index (Phi) is 6.32. The van der Waals surface area contributed by atoms with E-state index in [0.29, 0.717) is 18.8 Å². The molecular weight excluding hydrogens is 242 g/mol. The smallest absolute Gasteiger partial charge is 0.303 e. The molecule has 1 saturated carbocycles. The predicted octanol–water partition coefficient (Wildman–Crippen LogP) is 2.96. The molecule has 0 radical (unpaired) electrons. The van der Waals surface area contributed by atoms with Crippen LogP contribution >= 0.6 is 0 Å². The van der Waals surface area contributed by atoms with Crippen LogP contribution in [-0.4, -0.2) is 23.5 Å². The summed E-state index contributed by atoms with van der Waals surface area (Å²) in [5.41, 5.74) is 0.288. The lowest BCUT2D eigenvalue weighted by atomic mass is 9.78. The van der Waals surface area contributed by atoms with Gasteiger partial charge < -0.3 is 10.4 Å². The number of amides is 1. The van der Waals surface area contributed by atoms with E-state index in [2.05, 4.69) is 19.2 Å². The van der Waals surface area contributed by atoms with Crippen molar-refractivity contribution in [2.45, 2.75) is 65.2 Å². The number of carboxylic acids is 1. The maximum Gasteiger partial charge on any atom is 0.303 e. The van der Waals surface area contributed by atoms with Gasteiger partial charge in [-0.1, -0.05) is 26.7 Å². The number of carbonyl (C=O) groups is 2. The Hall–Kier alpha value is -1.06. The summed E-state index contributed by atoms with van der Waals surface area (Å²) in [6, 6.07) is 0. The van der Waals surface area contributed by atoms with Gasteiger partial charge in [-0.05, 0) is 37.0 Å². The second kappa shape index (κ2) is 7.51. The Morgan fingerprint density at radius 1 is 1.21 bits per heavy atom. The van der Waals surface area contributed by atoms with Crippen LogP contribution in [0.1, 0.15) is 65.2 Å². The summed E-state index contributed by atoms with van der Waals surface area (Å²) in [5, 5.41) is 11.5. The topological polar surface area (TPSA) is 66.4 Å². The maximum atomic E-state index is 11.7. The zero-order valence-corrected chi connectivity index (χ0v) is 12.2. The van der Waals surface area contributed by atoms with Crippen LogP contribution in [0.5, 0.6) is 0 Å². The first-order valence-electron chi connectivity index (χ1n) is 7.42. The van der Waals surface area contributed by atoms with E-state index in [1.807, 2.05) is 0 Å².